The van der Waals surface area contributed by atoms with Crippen molar-refractivity contribution in [1.29, 1.82) is 0 Å². The number of fused-ring (bicyclic) bond motifs is 1. The van der Waals surface area contributed by atoms with Crippen LogP contribution >= 0.6 is 0 Å². The van der Waals surface area contributed by atoms with Crippen molar-refractivity contribution in [3.63, 3.8) is 0 Å². The fraction of sp³-hybridized carbons (Fsp3) is 0.304. The molecule has 16 heteroatoms. The highest BCUT2D eigenvalue weighted by Crippen LogP contribution is 2.27. The van der Waals surface area contributed by atoms with Crippen LogP contribution in [-0.2, 0) is 21.5 Å². The summed E-state index contributed by atoms with van der Waals surface area (Å²) in [4.78, 5) is 17.6. The molecule has 0 bridgehead atoms. The Balaban J connectivity index is 1.44. The molecule has 5 rings (SSSR count). The molecule has 1 aliphatic heterocycles. The third-order valence-corrected chi connectivity index (χ3v) is 8.03. The lowest BCUT2D eigenvalue weighted by Gasteiger charge is -2.37. The van der Waals surface area contributed by atoms with Crippen LogP contribution in [0.5, 0.6) is 0 Å². The lowest BCUT2D eigenvalue weighted by molar-refractivity contribution is -0.135. The number of benzene rings is 1. The molecule has 0 unspecified atom stereocenters. The van der Waals surface area contributed by atoms with Gasteiger partial charge in [-0.15, -0.1) is 10.2 Å². The lowest BCUT2D eigenvalue weighted by Crippen LogP contribution is -2.54. The van der Waals surface area contributed by atoms with Gasteiger partial charge < -0.3 is 18.8 Å². The summed E-state index contributed by atoms with van der Waals surface area (Å²) in [5.41, 5.74) is 1.08. The van der Waals surface area contributed by atoms with Gasteiger partial charge in [0.15, 0.2) is 0 Å². The Morgan fingerprint density at radius 2 is 1.90 bits per heavy atom. The average Bonchev–Trinajstić information content (AvgIpc) is 3.58. The van der Waals surface area contributed by atoms with Gasteiger partial charge in [-0.05, 0) is 30.3 Å². The van der Waals surface area contributed by atoms with Gasteiger partial charge in [0.2, 0.25) is 11.8 Å². The second-order valence-electron chi connectivity index (χ2n) is 8.59. The number of halogens is 3. The molecule has 1 aliphatic rings. The molecule has 4 aromatic rings. The molecule has 0 aliphatic carbocycles. The van der Waals surface area contributed by atoms with E-state index in [1.54, 1.807) is 22.9 Å². The predicted molar refractivity (Wildman–Crippen MR) is 130 cm³/mol. The van der Waals surface area contributed by atoms with Gasteiger partial charge in [0.1, 0.15) is 18.1 Å². The minimum absolute atomic E-state index is 0.0147. The van der Waals surface area contributed by atoms with Crippen molar-refractivity contribution in [2.24, 2.45) is 0 Å². The lowest BCUT2D eigenvalue weighted by atomic mass is 10.2. The van der Waals surface area contributed by atoms with Crippen LogP contribution in [0.2, 0.25) is 0 Å². The molecule has 12 nitrogen and oxygen atoms in total. The number of alkyl halides is 2. The molecule has 0 saturated carbocycles. The number of pyridine rings is 1. The molecule has 1 N–H and O–H groups in total. The first-order valence-corrected chi connectivity index (χ1v) is 13.1. The van der Waals surface area contributed by atoms with Crippen LogP contribution in [0.3, 0.4) is 0 Å². The normalized spacial score (nSPS) is 14.8. The summed E-state index contributed by atoms with van der Waals surface area (Å²) in [6.07, 6.45) is 0.241. The van der Waals surface area contributed by atoms with E-state index in [-0.39, 0.29) is 44.3 Å². The van der Waals surface area contributed by atoms with Crippen LogP contribution in [0, 0.1) is 5.82 Å². The van der Waals surface area contributed by atoms with Gasteiger partial charge in [-0.1, -0.05) is 6.07 Å². The van der Waals surface area contributed by atoms with Crippen molar-refractivity contribution in [3.05, 3.63) is 66.2 Å². The van der Waals surface area contributed by atoms with E-state index in [2.05, 4.69) is 15.2 Å². The summed E-state index contributed by atoms with van der Waals surface area (Å²) in [7, 11) is -4.20. The first kappa shape index (κ1) is 26.6. The maximum Gasteiger partial charge on any atom is 0.314 e. The molecule has 1 fully saturated rings. The van der Waals surface area contributed by atoms with Crippen LogP contribution in [0.4, 0.5) is 18.9 Å². The van der Waals surface area contributed by atoms with E-state index in [4.69, 9.17) is 9.52 Å². The largest absolute Gasteiger partial charge is 0.415 e. The topological polar surface area (TPSA) is 137 Å². The number of aromatic nitrogens is 4. The van der Waals surface area contributed by atoms with Crippen molar-refractivity contribution in [2.75, 3.05) is 37.1 Å². The molecule has 1 amide bonds. The smallest absolute Gasteiger partial charge is 0.314 e. The number of imidazole rings is 1. The molecule has 0 atom stereocenters. The highest BCUT2D eigenvalue weighted by Gasteiger charge is 2.34. The number of aliphatic hydroxyl groups is 1. The summed E-state index contributed by atoms with van der Waals surface area (Å²) < 4.78 is 76.0. The molecule has 0 spiro atoms. The molecule has 1 saturated heterocycles. The Hall–Kier alpha value is -4.02. The van der Waals surface area contributed by atoms with Crippen molar-refractivity contribution in [2.45, 2.75) is 13.0 Å². The maximum absolute atomic E-state index is 14.1. The summed E-state index contributed by atoms with van der Waals surface area (Å²) in [5.74, 6) is -2.07. The number of anilines is 1. The van der Waals surface area contributed by atoms with Gasteiger partial charge >= 0.3 is 16.6 Å². The molecular weight excluding hydrogens is 543 g/mol. The van der Waals surface area contributed by atoms with E-state index >= 15 is 0 Å². The van der Waals surface area contributed by atoms with E-state index in [9.17, 15) is 26.4 Å². The Morgan fingerprint density at radius 1 is 1.13 bits per heavy atom. The monoisotopic (exact) mass is 565 g/mol. The van der Waals surface area contributed by atoms with Crippen LogP contribution in [0.15, 0.2) is 53.2 Å². The number of amides is 1. The number of rotatable bonds is 8. The van der Waals surface area contributed by atoms with Crippen LogP contribution in [-0.4, -0.2) is 81.0 Å². The summed E-state index contributed by atoms with van der Waals surface area (Å²) in [6, 6.07) is 8.19. The highest BCUT2D eigenvalue weighted by molar-refractivity contribution is 7.90. The van der Waals surface area contributed by atoms with Gasteiger partial charge in [0.25, 0.3) is 5.89 Å². The number of aliphatic hydroxyl groups excluding tert-OH is 1. The molecule has 39 heavy (non-hydrogen) atoms. The number of hydrogen-bond donors (Lipinski definition) is 1. The maximum atomic E-state index is 14.1. The van der Waals surface area contributed by atoms with E-state index in [0.717, 1.165) is 10.4 Å². The molecule has 206 valence electrons. The Kier molecular flexibility index (Phi) is 7.24. The second kappa shape index (κ2) is 10.6. The fourth-order valence-electron chi connectivity index (χ4n) is 4.18. The van der Waals surface area contributed by atoms with E-state index in [0.29, 0.717) is 16.9 Å². The Morgan fingerprint density at radius 3 is 2.56 bits per heavy atom. The number of hydrogen-bond acceptors (Lipinski definition) is 8. The molecular formula is C23H22F3N7O5S. The second-order valence-corrected chi connectivity index (χ2v) is 10.4. The van der Waals surface area contributed by atoms with E-state index < -0.39 is 40.9 Å². The van der Waals surface area contributed by atoms with Crippen LogP contribution < -0.4 is 4.31 Å². The molecule has 3 aromatic heterocycles. The minimum atomic E-state index is -4.20. The van der Waals surface area contributed by atoms with Crippen molar-refractivity contribution in [3.8, 4) is 11.5 Å². The number of piperazine rings is 1. The zero-order valence-electron chi connectivity index (χ0n) is 20.2. The SMILES string of the molecule is O=C(CO)N1CCN(S(=O)(=O)N(Cc2cn3ccc(-c4nnc(C(F)F)o4)cc3n2)c2cccc(F)c2)CC1. The van der Waals surface area contributed by atoms with E-state index in [1.807, 2.05) is 0 Å². The van der Waals surface area contributed by atoms with Crippen molar-refractivity contribution < 1.29 is 35.9 Å². The molecule has 0 radical (unpaired) electrons. The molecule has 4 heterocycles. The average molecular weight is 566 g/mol. The summed E-state index contributed by atoms with van der Waals surface area (Å²) in [5, 5.41) is 16.0. The van der Waals surface area contributed by atoms with Gasteiger partial charge in [-0.3, -0.25) is 9.10 Å². The predicted octanol–water partition coefficient (Wildman–Crippen LogP) is 1.85. The van der Waals surface area contributed by atoms with Gasteiger partial charge in [0, 0.05) is 44.1 Å². The van der Waals surface area contributed by atoms with Crippen molar-refractivity contribution >= 4 is 27.5 Å². The Labute approximate surface area is 220 Å². The summed E-state index contributed by atoms with van der Waals surface area (Å²) in [6.45, 7) is -0.768. The third kappa shape index (κ3) is 5.43. The standard InChI is InChI=1S/C23H22F3N7O5S/c24-16-2-1-3-18(11-16)33(39(36,37)32-8-6-30(7-9-32)20(35)14-34)13-17-12-31-5-4-15(10-19(31)27-17)22-28-29-23(38-22)21(25)26/h1-5,10-12,21,34H,6-9,13-14H2. The zero-order chi connectivity index (χ0) is 27.7. The zero-order valence-corrected chi connectivity index (χ0v) is 21.0. The first-order valence-electron chi connectivity index (χ1n) is 11.7. The van der Waals surface area contributed by atoms with Crippen molar-refractivity contribution in [1.82, 2.24) is 28.8 Å². The Bertz CT molecular complexity index is 1600. The van der Waals surface area contributed by atoms with E-state index in [1.165, 1.54) is 33.5 Å². The van der Waals surface area contributed by atoms with Crippen LogP contribution in [0.1, 0.15) is 18.0 Å². The quantitative estimate of drug-likeness (QED) is 0.342. The number of carbonyl (C=O) groups excluding carboxylic acids is 1. The third-order valence-electron chi connectivity index (χ3n) is 6.12. The highest BCUT2D eigenvalue weighted by atomic mass is 32.2. The van der Waals surface area contributed by atoms with Crippen LogP contribution in [0.25, 0.3) is 17.1 Å². The van der Waals surface area contributed by atoms with Gasteiger partial charge in [-0.25, -0.2) is 9.37 Å². The number of carbonyl (C=O) groups is 1. The van der Waals surface area contributed by atoms with Gasteiger partial charge in [0.05, 0.1) is 17.9 Å². The first-order chi connectivity index (χ1) is 18.7. The van der Waals surface area contributed by atoms with Gasteiger partial charge in [-0.2, -0.15) is 21.5 Å². The number of nitrogens with zero attached hydrogens (tertiary/aromatic N) is 7. The summed E-state index contributed by atoms with van der Waals surface area (Å²) >= 11 is 0. The minimum Gasteiger partial charge on any atom is -0.415 e. The molecule has 1 aromatic carbocycles. The fourth-order valence-corrected chi connectivity index (χ4v) is 5.75.